The van der Waals surface area contributed by atoms with Gasteiger partial charge in [-0.15, -0.1) is 0 Å². The molecule has 2 aromatic rings. The van der Waals surface area contributed by atoms with Gasteiger partial charge >= 0.3 is 0 Å². The molecule has 0 radical (unpaired) electrons. The highest BCUT2D eigenvalue weighted by Crippen LogP contribution is 2.17. The van der Waals surface area contributed by atoms with Gasteiger partial charge in [0, 0.05) is 13.0 Å². The summed E-state index contributed by atoms with van der Waals surface area (Å²) in [5, 5.41) is 2.97. The molecule has 2 rings (SSSR count). The third kappa shape index (κ3) is 5.91. The summed E-state index contributed by atoms with van der Waals surface area (Å²) < 4.78 is 27.2. The Morgan fingerprint density at radius 3 is 2.26 bits per heavy atom. The number of benzene rings is 2. The summed E-state index contributed by atoms with van der Waals surface area (Å²) in [4.78, 5) is 12.4. The second-order valence-electron chi connectivity index (χ2n) is 6.83. The number of amides is 1. The van der Waals surface area contributed by atoms with Crippen molar-refractivity contribution in [2.75, 3.05) is 6.54 Å². The van der Waals surface area contributed by atoms with Gasteiger partial charge in [0.2, 0.25) is 15.9 Å². The average Bonchev–Trinajstić information content (AvgIpc) is 2.62. The molecule has 0 aliphatic carbocycles. The largest absolute Gasteiger partial charge is 0.349 e. The van der Waals surface area contributed by atoms with Crippen molar-refractivity contribution in [2.45, 2.75) is 51.5 Å². The number of carbonyl (C=O) groups is 1. The summed E-state index contributed by atoms with van der Waals surface area (Å²) in [7, 11) is -3.62. The Balaban J connectivity index is 1.90. The molecular weight excluding hydrogens is 360 g/mol. The van der Waals surface area contributed by atoms with Gasteiger partial charge in [-0.05, 0) is 56.0 Å². The Hall–Kier alpha value is -2.18. The number of sulfonamides is 1. The molecule has 5 nitrogen and oxygen atoms in total. The summed E-state index contributed by atoms with van der Waals surface area (Å²) in [5.41, 5.74) is 4.17. The molecule has 0 unspecified atom stereocenters. The van der Waals surface area contributed by atoms with Gasteiger partial charge in [0.05, 0.1) is 10.9 Å². The van der Waals surface area contributed by atoms with Gasteiger partial charge in [-0.2, -0.15) is 0 Å². The lowest BCUT2D eigenvalue weighted by Gasteiger charge is -2.18. The van der Waals surface area contributed by atoms with Crippen molar-refractivity contribution in [3.63, 3.8) is 0 Å². The molecule has 1 atom stereocenters. The molecule has 1 amide bonds. The number of nitrogens with one attached hydrogen (secondary N) is 2. The van der Waals surface area contributed by atoms with E-state index >= 15 is 0 Å². The lowest BCUT2D eigenvalue weighted by molar-refractivity contribution is -0.121. The minimum atomic E-state index is -3.62. The van der Waals surface area contributed by atoms with Gasteiger partial charge in [0.1, 0.15) is 0 Å². The summed E-state index contributed by atoms with van der Waals surface area (Å²) in [5.74, 6) is -0.176. The van der Waals surface area contributed by atoms with Crippen molar-refractivity contribution in [1.82, 2.24) is 10.0 Å². The van der Waals surface area contributed by atoms with E-state index in [1.807, 2.05) is 52.0 Å². The lowest BCUT2D eigenvalue weighted by atomic mass is 10.0. The van der Waals surface area contributed by atoms with Crippen LogP contribution in [0.25, 0.3) is 0 Å². The van der Waals surface area contributed by atoms with E-state index < -0.39 is 10.0 Å². The molecule has 0 saturated carbocycles. The van der Waals surface area contributed by atoms with Crippen LogP contribution in [0.5, 0.6) is 0 Å². The van der Waals surface area contributed by atoms with Crippen LogP contribution in [0.15, 0.2) is 47.4 Å². The fourth-order valence-electron chi connectivity index (χ4n) is 2.75. The SMILES string of the molecule is CC[C@@H](NC(=O)CCNS(=O)(=O)c1ccc(C)c(C)c1)c1ccc(C)cc1. The minimum absolute atomic E-state index is 0.0609. The highest BCUT2D eigenvalue weighted by molar-refractivity contribution is 7.89. The van der Waals surface area contributed by atoms with Crippen molar-refractivity contribution in [3.8, 4) is 0 Å². The maximum atomic E-state index is 12.4. The number of carbonyl (C=O) groups excluding carboxylic acids is 1. The van der Waals surface area contributed by atoms with Gasteiger partial charge in [0.15, 0.2) is 0 Å². The Labute approximate surface area is 162 Å². The zero-order valence-corrected chi connectivity index (χ0v) is 17.2. The average molecular weight is 389 g/mol. The highest BCUT2D eigenvalue weighted by Gasteiger charge is 2.16. The molecule has 0 heterocycles. The lowest BCUT2D eigenvalue weighted by Crippen LogP contribution is -2.32. The molecule has 0 bridgehead atoms. The topological polar surface area (TPSA) is 75.3 Å². The van der Waals surface area contributed by atoms with Gasteiger partial charge in [-0.1, -0.05) is 42.8 Å². The zero-order valence-electron chi connectivity index (χ0n) is 16.4. The maximum Gasteiger partial charge on any atom is 0.240 e. The van der Waals surface area contributed by atoms with Crippen molar-refractivity contribution < 1.29 is 13.2 Å². The quantitative estimate of drug-likeness (QED) is 0.726. The molecule has 27 heavy (non-hydrogen) atoms. The van der Waals surface area contributed by atoms with Gasteiger partial charge in [-0.3, -0.25) is 4.79 Å². The smallest absolute Gasteiger partial charge is 0.240 e. The van der Waals surface area contributed by atoms with Gasteiger partial charge in [0.25, 0.3) is 0 Å². The molecule has 146 valence electrons. The van der Waals surface area contributed by atoms with Crippen molar-refractivity contribution in [1.29, 1.82) is 0 Å². The number of rotatable bonds is 8. The summed E-state index contributed by atoms with van der Waals surface area (Å²) in [6.45, 7) is 7.89. The molecule has 0 aliphatic heterocycles. The summed E-state index contributed by atoms with van der Waals surface area (Å²) in [6.07, 6.45) is 0.857. The van der Waals surface area contributed by atoms with Crippen molar-refractivity contribution in [3.05, 3.63) is 64.7 Å². The monoisotopic (exact) mass is 388 g/mol. The maximum absolute atomic E-state index is 12.4. The molecule has 2 N–H and O–H groups in total. The molecule has 2 aromatic carbocycles. The predicted molar refractivity (Wildman–Crippen MR) is 108 cm³/mol. The van der Waals surface area contributed by atoms with Crippen LogP contribution < -0.4 is 10.0 Å². The first kappa shape index (κ1) is 21.1. The zero-order chi connectivity index (χ0) is 20.0. The van der Waals surface area contributed by atoms with E-state index in [2.05, 4.69) is 10.0 Å². The van der Waals surface area contributed by atoms with Crippen LogP contribution in [0.3, 0.4) is 0 Å². The van der Waals surface area contributed by atoms with Crippen molar-refractivity contribution in [2.24, 2.45) is 0 Å². The molecule has 0 aliphatic rings. The van der Waals surface area contributed by atoms with Crippen LogP contribution in [-0.4, -0.2) is 20.9 Å². The normalized spacial score (nSPS) is 12.6. The van der Waals surface area contributed by atoms with E-state index in [1.54, 1.807) is 18.2 Å². The number of aryl methyl sites for hydroxylation is 3. The van der Waals surface area contributed by atoms with E-state index in [0.717, 1.165) is 23.1 Å². The molecule has 6 heteroatoms. The van der Waals surface area contributed by atoms with Crippen LogP contribution in [-0.2, 0) is 14.8 Å². The summed E-state index contributed by atoms with van der Waals surface area (Å²) in [6, 6.07) is 13.0. The van der Waals surface area contributed by atoms with Crippen LogP contribution >= 0.6 is 0 Å². The number of hydrogen-bond donors (Lipinski definition) is 2. The van der Waals surface area contributed by atoms with Crippen LogP contribution in [0.2, 0.25) is 0 Å². The third-order valence-corrected chi connectivity index (χ3v) is 6.11. The van der Waals surface area contributed by atoms with E-state index in [4.69, 9.17) is 0 Å². The molecule has 0 aromatic heterocycles. The Morgan fingerprint density at radius 2 is 1.67 bits per heavy atom. The first-order valence-corrected chi connectivity index (χ1v) is 10.6. The van der Waals surface area contributed by atoms with E-state index in [0.29, 0.717) is 0 Å². The standard InChI is InChI=1S/C21H28N2O3S/c1-5-20(18-9-6-15(2)7-10-18)23-21(24)12-13-22-27(25,26)19-11-8-16(3)17(4)14-19/h6-11,14,20,22H,5,12-13H2,1-4H3,(H,23,24)/t20-/m1/s1. The van der Waals surface area contributed by atoms with E-state index in [9.17, 15) is 13.2 Å². The Kier molecular flexibility index (Phi) is 7.16. The molecule has 0 spiro atoms. The van der Waals surface area contributed by atoms with Crippen LogP contribution in [0.1, 0.15) is 48.1 Å². The summed E-state index contributed by atoms with van der Waals surface area (Å²) >= 11 is 0. The predicted octanol–water partition coefficient (Wildman–Crippen LogP) is 3.55. The minimum Gasteiger partial charge on any atom is -0.349 e. The van der Waals surface area contributed by atoms with Crippen LogP contribution in [0.4, 0.5) is 0 Å². The molecule has 0 fully saturated rings. The fraction of sp³-hybridized carbons (Fsp3) is 0.381. The third-order valence-electron chi connectivity index (χ3n) is 4.66. The van der Waals surface area contributed by atoms with Gasteiger partial charge in [-0.25, -0.2) is 13.1 Å². The number of hydrogen-bond acceptors (Lipinski definition) is 3. The first-order valence-electron chi connectivity index (χ1n) is 9.15. The highest BCUT2D eigenvalue weighted by atomic mass is 32.2. The first-order chi connectivity index (χ1) is 12.7. The van der Waals surface area contributed by atoms with Crippen LogP contribution in [0, 0.1) is 20.8 Å². The second-order valence-corrected chi connectivity index (χ2v) is 8.60. The van der Waals surface area contributed by atoms with E-state index in [1.165, 1.54) is 5.56 Å². The van der Waals surface area contributed by atoms with E-state index in [-0.39, 0.29) is 29.8 Å². The van der Waals surface area contributed by atoms with Crippen molar-refractivity contribution >= 4 is 15.9 Å². The Morgan fingerprint density at radius 1 is 1.00 bits per heavy atom. The molecule has 0 saturated heterocycles. The molecular formula is C21H28N2O3S. The Bertz CT molecular complexity index is 890. The van der Waals surface area contributed by atoms with Gasteiger partial charge < -0.3 is 5.32 Å². The second kappa shape index (κ2) is 9.15. The fourth-order valence-corrected chi connectivity index (χ4v) is 3.87.